The zero-order valence-electron chi connectivity index (χ0n) is 15.4. The van der Waals surface area contributed by atoms with Gasteiger partial charge in [-0.3, -0.25) is 14.0 Å². The van der Waals surface area contributed by atoms with E-state index in [2.05, 4.69) is 4.90 Å². The smallest absolute Gasteiger partial charge is 0.253 e. The summed E-state index contributed by atoms with van der Waals surface area (Å²) in [5.74, 6) is 0.0664. The normalized spacial score (nSPS) is 22.0. The molecule has 4 rings (SSSR count). The Labute approximate surface area is 155 Å². The van der Waals surface area contributed by atoms with Crippen LogP contribution in [0.3, 0.4) is 0 Å². The van der Waals surface area contributed by atoms with Crippen LogP contribution in [0.15, 0.2) is 18.2 Å². The van der Waals surface area contributed by atoms with E-state index in [0.29, 0.717) is 24.6 Å². The van der Waals surface area contributed by atoms with E-state index in [1.54, 1.807) is 12.1 Å². The van der Waals surface area contributed by atoms with Gasteiger partial charge in [0.1, 0.15) is 0 Å². The summed E-state index contributed by atoms with van der Waals surface area (Å²) in [6, 6.07) is 6.15. The lowest BCUT2D eigenvalue weighted by molar-refractivity contribution is 0.0573. The number of piperazine rings is 1. The summed E-state index contributed by atoms with van der Waals surface area (Å²) >= 11 is 0. The van der Waals surface area contributed by atoms with Crippen molar-refractivity contribution in [1.29, 1.82) is 0 Å². The second kappa shape index (κ2) is 6.85. The molecule has 26 heavy (non-hydrogen) atoms. The Morgan fingerprint density at radius 1 is 1.04 bits per heavy atom. The van der Waals surface area contributed by atoms with Crippen LogP contribution in [0.25, 0.3) is 0 Å². The van der Waals surface area contributed by atoms with Crippen LogP contribution in [-0.4, -0.2) is 69.1 Å². The first-order valence-electron chi connectivity index (χ1n) is 9.57. The SMILES string of the molecule is CS(=O)(=O)N1CCc2cc(C(=O)N3CCN(C4CCCC4)CC3)ccc21. The summed E-state index contributed by atoms with van der Waals surface area (Å²) in [4.78, 5) is 17.4. The Morgan fingerprint density at radius 3 is 2.38 bits per heavy atom. The molecule has 6 nitrogen and oxygen atoms in total. The van der Waals surface area contributed by atoms with Gasteiger partial charge in [0.25, 0.3) is 5.91 Å². The molecule has 1 saturated heterocycles. The molecule has 0 N–H and O–H groups in total. The van der Waals surface area contributed by atoms with Gasteiger partial charge in [-0.25, -0.2) is 8.42 Å². The number of fused-ring (bicyclic) bond motifs is 1. The second-order valence-electron chi connectivity index (χ2n) is 7.70. The van der Waals surface area contributed by atoms with E-state index in [4.69, 9.17) is 0 Å². The van der Waals surface area contributed by atoms with Gasteiger partial charge in [0.05, 0.1) is 11.9 Å². The molecule has 0 aromatic heterocycles. The van der Waals surface area contributed by atoms with Crippen LogP contribution < -0.4 is 4.31 Å². The largest absolute Gasteiger partial charge is 0.336 e. The molecule has 2 fully saturated rings. The van der Waals surface area contributed by atoms with Gasteiger partial charge in [-0.05, 0) is 43.0 Å². The zero-order valence-corrected chi connectivity index (χ0v) is 16.2. The van der Waals surface area contributed by atoms with E-state index in [9.17, 15) is 13.2 Å². The Kier molecular flexibility index (Phi) is 4.69. The highest BCUT2D eigenvalue weighted by Crippen LogP contribution is 2.31. The van der Waals surface area contributed by atoms with Crippen molar-refractivity contribution >= 4 is 21.6 Å². The lowest BCUT2D eigenvalue weighted by atomic mass is 10.1. The molecule has 3 aliphatic rings. The number of benzene rings is 1. The molecule has 0 bridgehead atoms. The van der Waals surface area contributed by atoms with Gasteiger partial charge in [-0.2, -0.15) is 0 Å². The minimum atomic E-state index is -3.25. The fraction of sp³-hybridized carbons (Fsp3) is 0.632. The first-order chi connectivity index (χ1) is 12.4. The van der Waals surface area contributed by atoms with E-state index in [-0.39, 0.29) is 5.91 Å². The summed E-state index contributed by atoms with van der Waals surface area (Å²) in [7, 11) is -3.25. The van der Waals surface area contributed by atoms with Gasteiger partial charge < -0.3 is 4.90 Å². The maximum Gasteiger partial charge on any atom is 0.253 e. The Hall–Kier alpha value is -1.60. The lowest BCUT2D eigenvalue weighted by Crippen LogP contribution is -2.51. The van der Waals surface area contributed by atoms with Crippen LogP contribution in [0.1, 0.15) is 41.6 Å². The average molecular weight is 378 g/mol. The topological polar surface area (TPSA) is 60.9 Å². The number of hydrogen-bond acceptors (Lipinski definition) is 4. The van der Waals surface area contributed by atoms with Gasteiger partial charge in [0, 0.05) is 44.3 Å². The minimum absolute atomic E-state index is 0.0664. The number of sulfonamides is 1. The highest BCUT2D eigenvalue weighted by molar-refractivity contribution is 7.92. The van der Waals surface area contributed by atoms with Crippen molar-refractivity contribution in [2.45, 2.75) is 38.1 Å². The highest BCUT2D eigenvalue weighted by Gasteiger charge is 2.30. The van der Waals surface area contributed by atoms with Crippen molar-refractivity contribution < 1.29 is 13.2 Å². The number of carbonyl (C=O) groups excluding carboxylic acids is 1. The lowest BCUT2D eigenvalue weighted by Gasteiger charge is -2.38. The summed E-state index contributed by atoms with van der Waals surface area (Å²) in [5.41, 5.74) is 2.34. The molecule has 142 valence electrons. The van der Waals surface area contributed by atoms with Gasteiger partial charge in [0.15, 0.2) is 0 Å². The van der Waals surface area contributed by atoms with Gasteiger partial charge in [0.2, 0.25) is 10.0 Å². The summed E-state index contributed by atoms with van der Waals surface area (Å²) in [6.45, 7) is 3.95. The van der Waals surface area contributed by atoms with Crippen LogP contribution in [0.4, 0.5) is 5.69 Å². The molecule has 1 aliphatic carbocycles. The first kappa shape index (κ1) is 17.8. The third-order valence-corrected chi connectivity index (χ3v) is 7.20. The van der Waals surface area contributed by atoms with Gasteiger partial charge in [-0.1, -0.05) is 12.8 Å². The first-order valence-corrected chi connectivity index (χ1v) is 11.4. The number of amides is 1. The third kappa shape index (κ3) is 3.34. The molecule has 7 heteroatoms. The number of carbonyl (C=O) groups is 1. The summed E-state index contributed by atoms with van der Waals surface area (Å²) in [6.07, 6.45) is 7.17. The van der Waals surface area contributed by atoms with Gasteiger partial charge in [-0.15, -0.1) is 0 Å². The average Bonchev–Trinajstić information content (AvgIpc) is 3.30. The quantitative estimate of drug-likeness (QED) is 0.805. The standard InChI is InChI=1S/C19H27N3O3S/c1-26(24,25)22-9-8-15-14-16(6-7-18(15)22)19(23)21-12-10-20(11-13-21)17-4-2-3-5-17/h6-7,14,17H,2-5,8-13H2,1H3. The van der Waals surface area contributed by atoms with E-state index in [1.165, 1.54) is 36.2 Å². The molecule has 0 radical (unpaired) electrons. The molecule has 1 aromatic rings. The van der Waals surface area contributed by atoms with Crippen molar-refractivity contribution in [3.8, 4) is 0 Å². The summed E-state index contributed by atoms with van der Waals surface area (Å²) in [5, 5.41) is 0. The van der Waals surface area contributed by atoms with Crippen molar-refractivity contribution in [3.63, 3.8) is 0 Å². The van der Waals surface area contributed by atoms with E-state index >= 15 is 0 Å². The second-order valence-corrected chi connectivity index (χ2v) is 9.60. The maximum atomic E-state index is 12.9. The molecule has 0 unspecified atom stereocenters. The third-order valence-electron chi connectivity index (χ3n) is 6.02. The maximum absolute atomic E-state index is 12.9. The van der Waals surface area contributed by atoms with Crippen LogP contribution in [0.2, 0.25) is 0 Å². The van der Waals surface area contributed by atoms with Crippen LogP contribution in [0.5, 0.6) is 0 Å². The van der Waals surface area contributed by atoms with Crippen molar-refractivity contribution in [3.05, 3.63) is 29.3 Å². The number of rotatable bonds is 3. The fourth-order valence-corrected chi connectivity index (χ4v) is 5.55. The Morgan fingerprint density at radius 2 is 1.73 bits per heavy atom. The highest BCUT2D eigenvalue weighted by atomic mass is 32.2. The molecular weight excluding hydrogens is 350 g/mol. The Bertz CT molecular complexity index is 794. The molecule has 1 amide bonds. The molecule has 0 atom stereocenters. The predicted molar refractivity (Wildman–Crippen MR) is 102 cm³/mol. The van der Waals surface area contributed by atoms with E-state index in [1.807, 2.05) is 11.0 Å². The minimum Gasteiger partial charge on any atom is -0.336 e. The van der Waals surface area contributed by atoms with Crippen molar-refractivity contribution in [2.75, 3.05) is 43.3 Å². The van der Waals surface area contributed by atoms with Crippen molar-refractivity contribution in [2.24, 2.45) is 0 Å². The van der Waals surface area contributed by atoms with Gasteiger partial charge >= 0.3 is 0 Å². The number of anilines is 1. The monoisotopic (exact) mass is 377 g/mol. The fourth-order valence-electron chi connectivity index (χ4n) is 4.59. The van der Waals surface area contributed by atoms with Crippen LogP contribution >= 0.6 is 0 Å². The molecule has 0 spiro atoms. The molecule has 1 aromatic carbocycles. The molecule has 2 heterocycles. The number of hydrogen-bond donors (Lipinski definition) is 0. The van der Waals surface area contributed by atoms with Crippen LogP contribution in [0, 0.1) is 0 Å². The molecular formula is C19H27N3O3S. The van der Waals surface area contributed by atoms with E-state index in [0.717, 1.165) is 37.4 Å². The Balaban J connectivity index is 1.43. The van der Waals surface area contributed by atoms with E-state index < -0.39 is 10.0 Å². The molecule has 1 saturated carbocycles. The van der Waals surface area contributed by atoms with Crippen molar-refractivity contribution in [1.82, 2.24) is 9.80 Å². The van der Waals surface area contributed by atoms with Crippen LogP contribution in [-0.2, 0) is 16.4 Å². The predicted octanol–water partition coefficient (Wildman–Crippen LogP) is 1.71. The number of nitrogens with zero attached hydrogens (tertiary/aromatic N) is 3. The zero-order chi connectivity index (χ0) is 18.3. The molecule has 2 aliphatic heterocycles. The summed E-state index contributed by atoms with van der Waals surface area (Å²) < 4.78 is 25.1.